The molecule has 1 unspecified atom stereocenters. The molecule has 0 saturated carbocycles. The Balaban J connectivity index is 0.000000160. The van der Waals surface area contributed by atoms with Gasteiger partial charge in [0.05, 0.1) is 13.7 Å². The smallest absolute Gasteiger partial charge is 0.126 e. The van der Waals surface area contributed by atoms with Crippen LogP contribution in [0.3, 0.4) is 0 Å². The number of fused-ring (bicyclic) bond motifs is 6. The zero-order chi connectivity index (χ0) is 35.1. The van der Waals surface area contributed by atoms with E-state index in [0.717, 1.165) is 33.3 Å². The number of hydrogen-bond donors (Lipinski definition) is 0. The van der Waals surface area contributed by atoms with Gasteiger partial charge in [0.2, 0.25) is 0 Å². The summed E-state index contributed by atoms with van der Waals surface area (Å²) in [6.45, 7) is 9.13. The minimum atomic E-state index is -1.38. The summed E-state index contributed by atoms with van der Waals surface area (Å²) in [6.07, 6.45) is 3.87. The van der Waals surface area contributed by atoms with Gasteiger partial charge in [0.15, 0.2) is 0 Å². The first-order valence-electron chi connectivity index (χ1n) is 17.1. The van der Waals surface area contributed by atoms with E-state index in [1.54, 1.807) is 6.07 Å². The molecule has 3 nitrogen and oxygen atoms in total. The predicted octanol–water partition coefficient (Wildman–Crippen LogP) is 12.2. The van der Waals surface area contributed by atoms with Crippen LogP contribution in [-0.2, 0) is 20.1 Å². The third-order valence-corrected chi connectivity index (χ3v) is 12.6. The van der Waals surface area contributed by atoms with Gasteiger partial charge in [-0.05, 0) is 62.1 Å². The fraction of sp³-hybridized carbons (Fsp3) is 0.111. The molecular weight excluding hydrogens is 856 g/mol. The van der Waals surface area contributed by atoms with Crippen LogP contribution in [0.25, 0.3) is 64.6 Å². The summed E-state index contributed by atoms with van der Waals surface area (Å²) in [5, 5.41) is 5.76. The van der Waals surface area contributed by atoms with Gasteiger partial charge in [-0.2, -0.15) is 11.3 Å². The molecule has 7 heteroatoms. The molecule has 0 spiro atoms. The van der Waals surface area contributed by atoms with Gasteiger partial charge in [-0.3, -0.25) is 0 Å². The first kappa shape index (κ1) is 35.6. The van der Waals surface area contributed by atoms with E-state index >= 15 is 0 Å². The number of rotatable bonds is 5. The third kappa shape index (κ3) is 7.02. The Bertz CT molecular complexity index is 2660. The maximum Gasteiger partial charge on any atom is 0.126 e. The Hall–Kier alpha value is -4.78. The van der Waals surface area contributed by atoms with Crippen LogP contribution < -0.4 is 5.19 Å². The van der Waals surface area contributed by atoms with Crippen molar-refractivity contribution < 1.29 is 28.9 Å². The van der Waals surface area contributed by atoms with Crippen molar-refractivity contribution in [1.82, 2.24) is 9.97 Å². The molecule has 1 atom stereocenters. The van der Waals surface area contributed by atoms with Gasteiger partial charge < -0.3 is 14.4 Å². The van der Waals surface area contributed by atoms with E-state index in [1.165, 1.54) is 48.6 Å². The standard InChI is InChI=1S/C25H18NS.C20H17FNOSi.Ir/c1-17(18-7-3-2-4-8-18)19-13-14-26-23(16-19)20-11-12-25-22(15-20)21-9-5-6-10-24(21)27-25;1-24(2,3)14-8-10-18(22-12-14)17-6-4-5-16-15-9-7-13(21)11-19(15)23-20(16)17;/h2-10,12-17H,1H3;4-5,7-12H,1-3H3;/q2*-1;. The molecule has 259 valence electrons. The van der Waals surface area contributed by atoms with Crippen molar-refractivity contribution in [2.75, 3.05) is 0 Å². The van der Waals surface area contributed by atoms with Crippen molar-refractivity contribution in [2.45, 2.75) is 32.5 Å². The molecule has 52 heavy (non-hydrogen) atoms. The van der Waals surface area contributed by atoms with Crippen molar-refractivity contribution in [3.05, 3.63) is 163 Å². The summed E-state index contributed by atoms with van der Waals surface area (Å²) < 4.78 is 22.0. The largest absolute Gasteiger partial charge is 0.500 e. The second-order valence-corrected chi connectivity index (χ2v) is 20.0. The predicted molar refractivity (Wildman–Crippen MR) is 214 cm³/mol. The number of halogens is 1. The molecule has 5 aromatic carbocycles. The molecular formula is C45H35FIrN2OSSi-2. The topological polar surface area (TPSA) is 38.9 Å². The Morgan fingerprint density at radius 2 is 1.52 bits per heavy atom. The van der Waals surface area contributed by atoms with Gasteiger partial charge in [0, 0.05) is 54.6 Å². The molecule has 0 aliphatic rings. The Morgan fingerprint density at radius 1 is 0.712 bits per heavy atom. The molecule has 9 aromatic rings. The molecule has 4 aromatic heterocycles. The normalized spacial score (nSPS) is 12.1. The summed E-state index contributed by atoms with van der Waals surface area (Å²) >= 11 is 1.82. The van der Waals surface area contributed by atoms with Crippen LogP contribution in [0.15, 0.2) is 138 Å². The van der Waals surface area contributed by atoms with E-state index in [0.29, 0.717) is 17.1 Å². The van der Waals surface area contributed by atoms with E-state index in [2.05, 4.69) is 134 Å². The molecule has 9 rings (SSSR count). The van der Waals surface area contributed by atoms with Gasteiger partial charge >= 0.3 is 0 Å². The number of aromatic nitrogens is 2. The number of benzene rings is 5. The summed E-state index contributed by atoms with van der Waals surface area (Å²) in [7, 11) is -1.38. The fourth-order valence-corrected chi connectivity index (χ4v) is 8.61. The molecule has 0 amide bonds. The van der Waals surface area contributed by atoms with Crippen molar-refractivity contribution in [3.8, 4) is 22.5 Å². The number of nitrogens with zero attached hydrogens (tertiary/aromatic N) is 2. The van der Waals surface area contributed by atoms with Crippen molar-refractivity contribution >= 4 is 66.7 Å². The van der Waals surface area contributed by atoms with Crippen LogP contribution in [0.5, 0.6) is 0 Å². The second kappa shape index (κ2) is 14.7. The number of furan rings is 1. The van der Waals surface area contributed by atoms with Gasteiger partial charge in [0.1, 0.15) is 11.4 Å². The number of pyridine rings is 2. The van der Waals surface area contributed by atoms with Crippen LogP contribution in [0, 0.1) is 17.9 Å². The molecule has 0 N–H and O–H groups in total. The van der Waals surface area contributed by atoms with Crippen molar-refractivity contribution in [1.29, 1.82) is 0 Å². The zero-order valence-electron chi connectivity index (χ0n) is 29.2. The fourth-order valence-electron chi connectivity index (χ4n) is 6.51. The van der Waals surface area contributed by atoms with E-state index in [9.17, 15) is 4.39 Å². The Labute approximate surface area is 321 Å². The van der Waals surface area contributed by atoms with E-state index in [1.807, 2.05) is 41.9 Å². The van der Waals surface area contributed by atoms with Crippen LogP contribution in [0.1, 0.15) is 24.0 Å². The SMILES string of the molecule is CC(c1ccccc1)c1ccnc(-c2[c-]cc3sc4ccccc4c3c2)c1.C[Si](C)(C)c1ccc(-c2[c-]ccc3c2oc2cc(F)ccc23)nc1.[Ir]. The number of thiophene rings is 1. The van der Waals surface area contributed by atoms with Crippen LogP contribution >= 0.6 is 11.3 Å². The Kier molecular flexibility index (Phi) is 10.1. The van der Waals surface area contributed by atoms with E-state index < -0.39 is 8.07 Å². The first-order valence-corrected chi connectivity index (χ1v) is 21.4. The van der Waals surface area contributed by atoms with Gasteiger partial charge in [-0.1, -0.05) is 110 Å². The minimum absolute atomic E-state index is 0. The molecule has 0 fully saturated rings. The van der Waals surface area contributed by atoms with Gasteiger partial charge in [-0.15, -0.1) is 42.0 Å². The Morgan fingerprint density at radius 3 is 2.31 bits per heavy atom. The summed E-state index contributed by atoms with van der Waals surface area (Å²) in [4.78, 5) is 9.25. The average molecular weight is 891 g/mol. The maximum absolute atomic E-state index is 13.5. The second-order valence-electron chi connectivity index (χ2n) is 13.8. The summed E-state index contributed by atoms with van der Waals surface area (Å²) in [5.74, 6) is 0.0309. The molecule has 4 heterocycles. The minimum Gasteiger partial charge on any atom is -0.500 e. The molecule has 0 aliphatic heterocycles. The summed E-state index contributed by atoms with van der Waals surface area (Å²) in [6, 6.07) is 47.1. The monoisotopic (exact) mass is 891 g/mol. The number of hydrogen-bond acceptors (Lipinski definition) is 4. The van der Waals surface area contributed by atoms with Crippen molar-refractivity contribution in [2.24, 2.45) is 0 Å². The molecule has 0 saturated heterocycles. The van der Waals surface area contributed by atoms with Crippen LogP contribution in [0.4, 0.5) is 4.39 Å². The van der Waals surface area contributed by atoms with Crippen LogP contribution in [0.2, 0.25) is 19.6 Å². The molecule has 1 radical (unpaired) electrons. The zero-order valence-corrected chi connectivity index (χ0v) is 33.4. The van der Waals surface area contributed by atoms with E-state index in [-0.39, 0.29) is 25.9 Å². The molecule has 0 aliphatic carbocycles. The first-order chi connectivity index (χ1) is 24.7. The van der Waals surface area contributed by atoms with Gasteiger partial charge in [-0.25, -0.2) is 4.39 Å². The van der Waals surface area contributed by atoms with Crippen molar-refractivity contribution in [3.63, 3.8) is 0 Å². The maximum atomic E-state index is 13.5. The third-order valence-electron chi connectivity index (χ3n) is 9.45. The van der Waals surface area contributed by atoms with Gasteiger partial charge in [0.25, 0.3) is 0 Å². The van der Waals surface area contributed by atoms with E-state index in [4.69, 9.17) is 4.42 Å². The van der Waals surface area contributed by atoms with Crippen LogP contribution in [-0.4, -0.2) is 18.0 Å². The summed E-state index contributed by atoms with van der Waals surface area (Å²) in [5.41, 5.74) is 7.50. The average Bonchev–Trinajstić information content (AvgIpc) is 3.72. The quantitative estimate of drug-likeness (QED) is 0.128. The molecule has 0 bridgehead atoms.